The van der Waals surface area contributed by atoms with Gasteiger partial charge in [-0.3, -0.25) is 4.79 Å². The van der Waals surface area contributed by atoms with Gasteiger partial charge < -0.3 is 5.32 Å². The first kappa shape index (κ1) is 17.5. The van der Waals surface area contributed by atoms with Crippen LogP contribution in [0.2, 0.25) is 5.02 Å². The van der Waals surface area contributed by atoms with Crippen molar-refractivity contribution in [3.63, 3.8) is 0 Å². The van der Waals surface area contributed by atoms with Gasteiger partial charge in [-0.25, -0.2) is 14.5 Å². The Morgan fingerprint density at radius 2 is 2.00 bits per heavy atom. The first-order valence-corrected chi connectivity index (χ1v) is 9.80. The Morgan fingerprint density at radius 3 is 2.73 bits per heavy atom. The van der Waals surface area contributed by atoms with Crippen LogP contribution in [0, 0.1) is 5.95 Å². The standard InChI is InChI=1S/C19H14ClFN8O/c20-13-5-10(8-23-17(13)29-24-3-4-25-29)26-18(30)11-7-19(1-2-19)16-12(11)9-22-15-6-14(21)27-28(15)16/h3-6,8-9,11H,1-2,7H2,(H,26,30). The van der Waals surface area contributed by atoms with Gasteiger partial charge in [0.15, 0.2) is 11.5 Å². The maximum Gasteiger partial charge on any atom is 0.235 e. The van der Waals surface area contributed by atoms with Crippen LogP contribution in [0.4, 0.5) is 10.1 Å². The average Bonchev–Trinajstić information content (AvgIpc) is 3.06. The average molecular weight is 425 g/mol. The maximum atomic E-state index is 13.7. The summed E-state index contributed by atoms with van der Waals surface area (Å²) in [5.74, 6) is -0.795. The van der Waals surface area contributed by atoms with Gasteiger partial charge in [-0.15, -0.1) is 9.90 Å². The number of fused-ring (bicyclic) bond motifs is 4. The summed E-state index contributed by atoms with van der Waals surface area (Å²) in [7, 11) is 0. The van der Waals surface area contributed by atoms with E-state index >= 15 is 0 Å². The molecule has 9 nitrogen and oxygen atoms in total. The van der Waals surface area contributed by atoms with Crippen LogP contribution < -0.4 is 5.32 Å². The van der Waals surface area contributed by atoms with E-state index in [1.54, 1.807) is 16.8 Å². The summed E-state index contributed by atoms with van der Waals surface area (Å²) in [6.07, 6.45) is 8.76. The van der Waals surface area contributed by atoms with Crippen LogP contribution in [0.25, 0.3) is 11.5 Å². The highest BCUT2D eigenvalue weighted by Crippen LogP contribution is 2.60. The van der Waals surface area contributed by atoms with E-state index in [0.29, 0.717) is 28.6 Å². The van der Waals surface area contributed by atoms with Crippen LogP contribution >= 0.6 is 11.6 Å². The van der Waals surface area contributed by atoms with E-state index in [4.69, 9.17) is 11.6 Å². The van der Waals surface area contributed by atoms with Crippen molar-refractivity contribution in [1.29, 1.82) is 0 Å². The minimum atomic E-state index is -0.577. The van der Waals surface area contributed by atoms with Crippen LogP contribution in [-0.4, -0.2) is 40.5 Å². The van der Waals surface area contributed by atoms with Crippen molar-refractivity contribution < 1.29 is 9.18 Å². The topological polar surface area (TPSA) is 103 Å². The number of anilines is 1. The number of hydrogen-bond donors (Lipinski definition) is 1. The van der Waals surface area contributed by atoms with Crippen LogP contribution in [0.1, 0.15) is 36.4 Å². The fraction of sp³-hybridized carbons (Fsp3) is 0.263. The predicted molar refractivity (Wildman–Crippen MR) is 104 cm³/mol. The Bertz CT molecular complexity index is 1310. The van der Waals surface area contributed by atoms with Crippen molar-refractivity contribution in [3.05, 3.63) is 59.1 Å². The van der Waals surface area contributed by atoms with Crippen LogP contribution in [-0.2, 0) is 10.2 Å². The van der Waals surface area contributed by atoms with Crippen LogP contribution in [0.5, 0.6) is 0 Å². The zero-order valence-electron chi connectivity index (χ0n) is 15.5. The number of hydrogen-bond acceptors (Lipinski definition) is 6. The summed E-state index contributed by atoms with van der Waals surface area (Å²) in [6.45, 7) is 0. The quantitative estimate of drug-likeness (QED) is 0.542. The molecule has 2 aliphatic rings. The molecule has 1 saturated carbocycles. The molecule has 0 aromatic carbocycles. The molecule has 0 bridgehead atoms. The molecule has 4 aromatic rings. The second-order valence-corrected chi connectivity index (χ2v) is 8.08. The molecule has 1 atom stereocenters. The Morgan fingerprint density at radius 1 is 1.20 bits per heavy atom. The van der Waals surface area contributed by atoms with E-state index in [1.807, 2.05) is 0 Å². The van der Waals surface area contributed by atoms with Gasteiger partial charge in [0, 0.05) is 23.2 Å². The van der Waals surface area contributed by atoms with Crippen LogP contribution in [0.15, 0.2) is 36.9 Å². The van der Waals surface area contributed by atoms with Gasteiger partial charge in [-0.05, 0) is 25.3 Å². The van der Waals surface area contributed by atoms with E-state index in [1.165, 1.54) is 29.5 Å². The lowest BCUT2D eigenvalue weighted by Crippen LogP contribution is -2.20. The first-order chi connectivity index (χ1) is 14.5. The third-order valence-electron chi connectivity index (χ3n) is 5.82. The third-order valence-corrected chi connectivity index (χ3v) is 6.10. The molecule has 30 heavy (non-hydrogen) atoms. The molecular formula is C19H14ClFN8O. The van der Waals surface area contributed by atoms with Gasteiger partial charge in [0.2, 0.25) is 11.9 Å². The van der Waals surface area contributed by atoms with Gasteiger partial charge in [0.1, 0.15) is 0 Å². The Hall–Kier alpha value is -3.40. The molecule has 150 valence electrons. The maximum absolute atomic E-state index is 13.7. The van der Waals surface area contributed by atoms with Gasteiger partial charge in [-0.1, -0.05) is 11.6 Å². The molecule has 0 aliphatic heterocycles. The molecule has 1 unspecified atom stereocenters. The second kappa shape index (κ2) is 6.05. The van der Waals surface area contributed by atoms with Crippen molar-refractivity contribution in [2.45, 2.75) is 30.6 Å². The smallest absolute Gasteiger partial charge is 0.235 e. The molecule has 6 rings (SSSR count). The predicted octanol–water partition coefficient (Wildman–Crippen LogP) is 2.66. The van der Waals surface area contributed by atoms with E-state index in [9.17, 15) is 9.18 Å². The fourth-order valence-corrected chi connectivity index (χ4v) is 4.57. The number of aromatic nitrogens is 7. The summed E-state index contributed by atoms with van der Waals surface area (Å²) in [5, 5.41) is 15.2. The number of nitrogens with one attached hydrogen (secondary N) is 1. The molecule has 0 saturated heterocycles. The second-order valence-electron chi connectivity index (χ2n) is 7.67. The van der Waals surface area contributed by atoms with E-state index < -0.39 is 11.9 Å². The van der Waals surface area contributed by atoms with Crippen molar-refractivity contribution in [2.24, 2.45) is 0 Å². The number of pyridine rings is 1. The number of nitrogens with zero attached hydrogens (tertiary/aromatic N) is 7. The van der Waals surface area contributed by atoms with Gasteiger partial charge >= 0.3 is 0 Å². The highest BCUT2D eigenvalue weighted by atomic mass is 35.5. The first-order valence-electron chi connectivity index (χ1n) is 9.42. The van der Waals surface area contributed by atoms with Gasteiger partial charge in [-0.2, -0.15) is 14.6 Å². The molecule has 4 heterocycles. The monoisotopic (exact) mass is 424 g/mol. The number of rotatable bonds is 3. The number of carbonyl (C=O) groups is 1. The Kier molecular flexibility index (Phi) is 3.52. The molecule has 1 N–H and O–H groups in total. The molecular weight excluding hydrogens is 411 g/mol. The molecule has 1 amide bonds. The Balaban J connectivity index is 1.32. The molecule has 11 heteroatoms. The Labute approximate surface area is 173 Å². The lowest BCUT2D eigenvalue weighted by molar-refractivity contribution is -0.117. The summed E-state index contributed by atoms with van der Waals surface area (Å²) in [4.78, 5) is 23.0. The summed E-state index contributed by atoms with van der Waals surface area (Å²) in [6, 6.07) is 2.91. The van der Waals surface area contributed by atoms with E-state index in [2.05, 4.69) is 30.6 Å². The minimum absolute atomic E-state index is 0.136. The zero-order valence-corrected chi connectivity index (χ0v) is 16.2. The number of amides is 1. The van der Waals surface area contributed by atoms with Crippen molar-refractivity contribution in [3.8, 4) is 5.82 Å². The SMILES string of the molecule is O=C(Nc1cnc(-n2nccn2)c(Cl)c1)C1CC2(CC2)c2c1cnc1cc(F)nn21. The summed E-state index contributed by atoms with van der Waals surface area (Å²) >= 11 is 6.30. The molecule has 0 radical (unpaired) electrons. The molecule has 4 aromatic heterocycles. The number of carbonyl (C=O) groups excluding carboxylic acids is 1. The largest absolute Gasteiger partial charge is 0.324 e. The molecule has 2 aliphatic carbocycles. The lowest BCUT2D eigenvalue weighted by Gasteiger charge is -2.13. The normalized spacial score (nSPS) is 18.7. The van der Waals surface area contributed by atoms with E-state index in [0.717, 1.165) is 24.1 Å². The van der Waals surface area contributed by atoms with Crippen LogP contribution in [0.3, 0.4) is 0 Å². The van der Waals surface area contributed by atoms with E-state index in [-0.39, 0.29) is 11.3 Å². The highest BCUT2D eigenvalue weighted by Gasteiger charge is 2.56. The third kappa shape index (κ3) is 2.53. The fourth-order valence-electron chi connectivity index (χ4n) is 4.33. The van der Waals surface area contributed by atoms with Crippen molar-refractivity contribution >= 4 is 28.8 Å². The molecule has 1 spiro atoms. The number of halogens is 2. The van der Waals surface area contributed by atoms with Crippen molar-refractivity contribution in [1.82, 2.24) is 34.6 Å². The highest BCUT2D eigenvalue weighted by molar-refractivity contribution is 6.32. The molecule has 1 fully saturated rings. The summed E-state index contributed by atoms with van der Waals surface area (Å²) < 4.78 is 15.2. The summed E-state index contributed by atoms with van der Waals surface area (Å²) in [5.41, 5.74) is 2.48. The minimum Gasteiger partial charge on any atom is -0.324 e. The van der Waals surface area contributed by atoms with Gasteiger partial charge in [0.05, 0.1) is 40.9 Å². The zero-order chi connectivity index (χ0) is 20.5. The van der Waals surface area contributed by atoms with Crippen molar-refractivity contribution in [2.75, 3.05) is 5.32 Å². The lowest BCUT2D eigenvalue weighted by atomic mass is 9.99. The van der Waals surface area contributed by atoms with Gasteiger partial charge in [0.25, 0.3) is 0 Å².